The molecular weight excluding hydrogens is 456 g/mol. The van der Waals surface area contributed by atoms with Crippen molar-refractivity contribution >= 4 is 22.7 Å². The fraction of sp³-hybridized carbons (Fsp3) is 0.536. The lowest BCUT2D eigenvalue weighted by molar-refractivity contribution is 0.0691. The van der Waals surface area contributed by atoms with E-state index < -0.39 is 5.97 Å². The van der Waals surface area contributed by atoms with Gasteiger partial charge in [0.25, 0.3) is 0 Å². The molecule has 1 aliphatic rings. The summed E-state index contributed by atoms with van der Waals surface area (Å²) in [6.45, 7) is 7.02. The number of rotatable bonds is 11. The van der Waals surface area contributed by atoms with Gasteiger partial charge in [-0.1, -0.05) is 45.2 Å². The molecule has 1 saturated carbocycles. The number of carboxylic acid groups (broad SMARTS) is 1. The van der Waals surface area contributed by atoms with Crippen molar-refractivity contribution in [2.24, 2.45) is 0 Å². The van der Waals surface area contributed by atoms with Crippen molar-refractivity contribution in [1.29, 1.82) is 0 Å². The molecule has 194 valence electrons. The van der Waals surface area contributed by atoms with Crippen LogP contribution in [0.25, 0.3) is 22.2 Å². The summed E-state index contributed by atoms with van der Waals surface area (Å²) < 4.78 is 12.6. The molecule has 36 heavy (non-hydrogen) atoms. The predicted molar refractivity (Wildman–Crippen MR) is 142 cm³/mol. The number of pyridine rings is 1. The molecule has 0 saturated heterocycles. The molecule has 0 amide bonds. The summed E-state index contributed by atoms with van der Waals surface area (Å²) in [5.41, 5.74) is 4.61. The van der Waals surface area contributed by atoms with Crippen molar-refractivity contribution in [3.05, 3.63) is 41.7 Å². The maximum absolute atomic E-state index is 12.1. The summed E-state index contributed by atoms with van der Waals surface area (Å²) in [7, 11) is 3.40. The molecule has 3 aromatic rings. The summed E-state index contributed by atoms with van der Waals surface area (Å²) in [6, 6.07) is 10.2. The number of anilines is 1. The van der Waals surface area contributed by atoms with Crippen molar-refractivity contribution < 1.29 is 19.4 Å². The van der Waals surface area contributed by atoms with E-state index in [4.69, 9.17) is 14.6 Å². The number of ether oxygens (including phenoxy) is 2. The predicted octanol–water partition coefficient (Wildman–Crippen LogP) is 5.52. The summed E-state index contributed by atoms with van der Waals surface area (Å²) in [6.07, 6.45) is 5.67. The van der Waals surface area contributed by atoms with E-state index in [0.29, 0.717) is 18.9 Å². The zero-order chi connectivity index (χ0) is 25.7. The summed E-state index contributed by atoms with van der Waals surface area (Å²) in [4.78, 5) is 18.9. The van der Waals surface area contributed by atoms with E-state index in [-0.39, 0.29) is 17.7 Å². The van der Waals surface area contributed by atoms with Crippen LogP contribution in [0.15, 0.2) is 30.3 Å². The second-order valence-corrected chi connectivity index (χ2v) is 9.85. The van der Waals surface area contributed by atoms with Crippen LogP contribution in [0.1, 0.15) is 74.1 Å². The quantitative estimate of drug-likeness (QED) is 0.375. The first-order valence-electron chi connectivity index (χ1n) is 12.9. The lowest BCUT2D eigenvalue weighted by Gasteiger charge is -2.24. The highest BCUT2D eigenvalue weighted by molar-refractivity contribution is 6.00. The van der Waals surface area contributed by atoms with Gasteiger partial charge in [-0.25, -0.2) is 14.5 Å². The van der Waals surface area contributed by atoms with Gasteiger partial charge in [0.2, 0.25) is 0 Å². The van der Waals surface area contributed by atoms with E-state index in [2.05, 4.69) is 48.0 Å². The smallest absolute Gasteiger partial charge is 0.354 e. The lowest BCUT2D eigenvalue weighted by atomic mass is 9.95. The van der Waals surface area contributed by atoms with Crippen LogP contribution in [0.2, 0.25) is 0 Å². The highest BCUT2D eigenvalue weighted by Crippen LogP contribution is 2.38. The van der Waals surface area contributed by atoms with Gasteiger partial charge in [-0.05, 0) is 48.1 Å². The Kier molecular flexibility index (Phi) is 8.59. The Balaban J connectivity index is 1.82. The van der Waals surface area contributed by atoms with Crippen molar-refractivity contribution in [2.45, 2.75) is 57.9 Å². The van der Waals surface area contributed by atoms with E-state index in [1.807, 2.05) is 4.68 Å². The minimum absolute atomic E-state index is 0.0515. The summed E-state index contributed by atoms with van der Waals surface area (Å²) in [5.74, 6) is -0.839. The standard InChI is InChI=1S/C28H38N4O4/c1-19(2)26-25-23(20-10-12-21(13-11-20)31(14-16-35-3)15-17-36-4)18-24(28(33)34)29-27(25)32(30-26)22-8-6-5-7-9-22/h10-13,18-19,22H,5-9,14-17H2,1-4H3,(H,33,34). The number of hydrogen-bond acceptors (Lipinski definition) is 6. The normalized spacial score (nSPS) is 14.6. The van der Waals surface area contributed by atoms with Crippen molar-refractivity contribution in [3.8, 4) is 11.1 Å². The molecule has 2 aromatic heterocycles. The first-order chi connectivity index (χ1) is 17.4. The third-order valence-electron chi connectivity index (χ3n) is 7.05. The maximum atomic E-state index is 12.1. The van der Waals surface area contributed by atoms with Crippen LogP contribution in [-0.2, 0) is 9.47 Å². The summed E-state index contributed by atoms with van der Waals surface area (Å²) >= 11 is 0. The molecule has 1 fully saturated rings. The lowest BCUT2D eigenvalue weighted by Crippen LogP contribution is -2.30. The second-order valence-electron chi connectivity index (χ2n) is 9.85. The Morgan fingerprint density at radius 2 is 1.72 bits per heavy atom. The fourth-order valence-corrected chi connectivity index (χ4v) is 5.11. The Labute approximate surface area is 213 Å². The summed E-state index contributed by atoms with van der Waals surface area (Å²) in [5, 5.41) is 15.9. The number of carboxylic acids is 1. The first kappa shape index (κ1) is 26.1. The van der Waals surface area contributed by atoms with Crippen LogP contribution < -0.4 is 4.90 Å². The van der Waals surface area contributed by atoms with Crippen LogP contribution in [0.3, 0.4) is 0 Å². The van der Waals surface area contributed by atoms with Crippen LogP contribution in [-0.4, -0.2) is 66.4 Å². The van der Waals surface area contributed by atoms with Crippen LogP contribution >= 0.6 is 0 Å². The Bertz CT molecular complexity index is 1160. The van der Waals surface area contributed by atoms with Gasteiger partial charge in [-0.3, -0.25) is 0 Å². The molecule has 8 heteroatoms. The van der Waals surface area contributed by atoms with Crippen LogP contribution in [0.5, 0.6) is 0 Å². The first-order valence-corrected chi connectivity index (χ1v) is 12.9. The van der Waals surface area contributed by atoms with Gasteiger partial charge >= 0.3 is 5.97 Å². The monoisotopic (exact) mass is 494 g/mol. The highest BCUT2D eigenvalue weighted by Gasteiger charge is 2.26. The minimum Gasteiger partial charge on any atom is -0.477 e. The third kappa shape index (κ3) is 5.55. The number of fused-ring (bicyclic) bond motifs is 1. The van der Waals surface area contributed by atoms with Crippen LogP contribution in [0.4, 0.5) is 5.69 Å². The van der Waals surface area contributed by atoms with Crippen LogP contribution in [0, 0.1) is 0 Å². The van der Waals surface area contributed by atoms with E-state index in [1.165, 1.54) is 19.3 Å². The largest absolute Gasteiger partial charge is 0.477 e. The van der Waals surface area contributed by atoms with Crippen molar-refractivity contribution in [2.75, 3.05) is 45.4 Å². The topological polar surface area (TPSA) is 89.7 Å². The average molecular weight is 495 g/mol. The van der Waals surface area contributed by atoms with Gasteiger partial charge in [-0.15, -0.1) is 0 Å². The maximum Gasteiger partial charge on any atom is 0.354 e. The highest BCUT2D eigenvalue weighted by atomic mass is 16.5. The average Bonchev–Trinajstić information content (AvgIpc) is 3.29. The van der Waals surface area contributed by atoms with Crippen molar-refractivity contribution in [1.82, 2.24) is 14.8 Å². The minimum atomic E-state index is -1.03. The number of benzene rings is 1. The van der Waals surface area contributed by atoms with Gasteiger partial charge in [0, 0.05) is 33.0 Å². The number of nitrogens with zero attached hydrogens (tertiary/aromatic N) is 4. The van der Waals surface area contributed by atoms with E-state index in [0.717, 1.165) is 53.8 Å². The molecule has 2 heterocycles. The molecule has 4 rings (SSSR count). The number of carbonyl (C=O) groups is 1. The Morgan fingerprint density at radius 1 is 1.08 bits per heavy atom. The molecule has 0 spiro atoms. The zero-order valence-corrected chi connectivity index (χ0v) is 21.9. The fourth-order valence-electron chi connectivity index (χ4n) is 5.11. The van der Waals surface area contributed by atoms with E-state index in [1.54, 1.807) is 20.3 Å². The SMILES string of the molecule is COCCN(CCOC)c1ccc(-c2cc(C(=O)O)nc3c2c(C(C)C)nn3C2CCCCC2)cc1. The molecule has 0 aliphatic heterocycles. The van der Waals surface area contributed by atoms with E-state index in [9.17, 15) is 9.90 Å². The molecule has 1 N–H and O–H groups in total. The molecule has 0 radical (unpaired) electrons. The number of hydrogen-bond donors (Lipinski definition) is 1. The third-order valence-corrected chi connectivity index (χ3v) is 7.05. The van der Waals surface area contributed by atoms with Gasteiger partial charge < -0.3 is 19.5 Å². The zero-order valence-electron chi connectivity index (χ0n) is 21.9. The number of methoxy groups -OCH3 is 2. The van der Waals surface area contributed by atoms with Gasteiger partial charge in [0.1, 0.15) is 0 Å². The molecule has 0 bridgehead atoms. The molecular formula is C28H38N4O4. The number of aromatic nitrogens is 3. The van der Waals surface area contributed by atoms with Gasteiger partial charge in [-0.2, -0.15) is 5.10 Å². The molecule has 8 nitrogen and oxygen atoms in total. The Hall–Kier alpha value is -2.97. The molecule has 1 aliphatic carbocycles. The van der Waals surface area contributed by atoms with Gasteiger partial charge in [0.05, 0.1) is 30.3 Å². The van der Waals surface area contributed by atoms with Gasteiger partial charge in [0.15, 0.2) is 11.3 Å². The van der Waals surface area contributed by atoms with Crippen molar-refractivity contribution in [3.63, 3.8) is 0 Å². The molecule has 1 aromatic carbocycles. The van der Waals surface area contributed by atoms with E-state index >= 15 is 0 Å². The Morgan fingerprint density at radius 3 is 2.28 bits per heavy atom. The second kappa shape index (κ2) is 11.8. The molecule has 0 unspecified atom stereocenters. The molecule has 0 atom stereocenters. The number of aromatic carboxylic acids is 1.